The van der Waals surface area contributed by atoms with E-state index in [1.165, 1.54) is 66.0 Å². The van der Waals surface area contributed by atoms with Gasteiger partial charge in [-0.3, -0.25) is 0 Å². The number of hydrogen-bond acceptors (Lipinski definition) is 3. The first-order chi connectivity index (χ1) is 12.2. The predicted octanol–water partition coefficient (Wildman–Crippen LogP) is 6.04. The number of likely N-dealkylation sites (tertiary alicyclic amines) is 1. The summed E-state index contributed by atoms with van der Waals surface area (Å²) in [6.07, 6.45) is 6.79. The van der Waals surface area contributed by atoms with Crippen LogP contribution in [0.3, 0.4) is 0 Å². The molecule has 2 aromatic rings. The van der Waals surface area contributed by atoms with E-state index in [9.17, 15) is 0 Å². The summed E-state index contributed by atoms with van der Waals surface area (Å²) in [4.78, 5) is 7.67. The monoisotopic (exact) mass is 370 g/mol. The molecule has 26 heavy (non-hydrogen) atoms. The van der Waals surface area contributed by atoms with Crippen LogP contribution in [0.4, 0.5) is 0 Å². The highest BCUT2D eigenvalue weighted by Gasteiger charge is 2.37. The molecule has 2 heterocycles. The molecule has 0 spiro atoms. The van der Waals surface area contributed by atoms with Gasteiger partial charge in [0.15, 0.2) is 0 Å². The number of aromatic nitrogens is 1. The van der Waals surface area contributed by atoms with Gasteiger partial charge in [-0.05, 0) is 74.2 Å². The van der Waals surface area contributed by atoms with E-state index in [0.29, 0.717) is 5.41 Å². The quantitative estimate of drug-likeness (QED) is 0.652. The molecule has 1 aliphatic carbocycles. The standard InChI is InChI=1S/C23H34N2S/c1-22(2,3)21-24-19-14-16(6-9-20(19)26-21)15-23(4,5)17-10-12-25(13-11-17)18-7-8-18/h6,9,14,17-18H,7-8,10-13,15H2,1-5H3. The number of nitrogens with zero attached hydrogens (tertiary/aromatic N) is 2. The highest BCUT2D eigenvalue weighted by Crippen LogP contribution is 2.41. The van der Waals surface area contributed by atoms with E-state index < -0.39 is 0 Å². The number of piperidine rings is 1. The van der Waals surface area contributed by atoms with Crippen LogP contribution in [0.1, 0.15) is 70.9 Å². The Hall–Kier alpha value is -0.930. The van der Waals surface area contributed by atoms with Gasteiger partial charge < -0.3 is 4.90 Å². The van der Waals surface area contributed by atoms with Crippen molar-refractivity contribution in [2.75, 3.05) is 13.1 Å². The number of benzene rings is 1. The van der Waals surface area contributed by atoms with Crippen molar-refractivity contribution in [1.29, 1.82) is 0 Å². The van der Waals surface area contributed by atoms with E-state index >= 15 is 0 Å². The number of fused-ring (bicyclic) bond motifs is 1. The molecule has 4 rings (SSSR count). The third-order valence-corrected chi connectivity index (χ3v) is 7.91. The lowest BCUT2D eigenvalue weighted by atomic mass is 9.70. The van der Waals surface area contributed by atoms with Gasteiger partial charge in [-0.2, -0.15) is 0 Å². The summed E-state index contributed by atoms with van der Waals surface area (Å²) < 4.78 is 1.33. The zero-order valence-corrected chi connectivity index (χ0v) is 18.0. The zero-order chi connectivity index (χ0) is 18.5. The summed E-state index contributed by atoms with van der Waals surface area (Å²) in [6.45, 7) is 14.4. The molecule has 1 saturated heterocycles. The Morgan fingerprint density at radius 2 is 1.73 bits per heavy atom. The van der Waals surface area contributed by atoms with Gasteiger partial charge in [0.25, 0.3) is 0 Å². The van der Waals surface area contributed by atoms with Crippen LogP contribution in [0.5, 0.6) is 0 Å². The van der Waals surface area contributed by atoms with E-state index in [4.69, 9.17) is 4.98 Å². The minimum absolute atomic E-state index is 0.138. The molecule has 142 valence electrons. The fourth-order valence-electron chi connectivity index (χ4n) is 4.56. The Morgan fingerprint density at radius 1 is 1.04 bits per heavy atom. The van der Waals surface area contributed by atoms with Crippen molar-refractivity contribution in [2.45, 2.75) is 78.2 Å². The molecule has 0 radical (unpaired) electrons. The largest absolute Gasteiger partial charge is 0.300 e. The second-order valence-electron chi connectivity index (χ2n) is 10.3. The molecule has 1 aromatic carbocycles. The van der Waals surface area contributed by atoms with Crippen molar-refractivity contribution in [3.8, 4) is 0 Å². The Labute approximate surface area is 163 Å². The summed E-state index contributed by atoms with van der Waals surface area (Å²) >= 11 is 1.85. The average Bonchev–Trinajstić information content (AvgIpc) is 3.32. The number of rotatable bonds is 4. The highest BCUT2D eigenvalue weighted by atomic mass is 32.1. The molecule has 1 aliphatic heterocycles. The first kappa shape index (κ1) is 18.4. The molecule has 2 fully saturated rings. The second kappa shape index (κ2) is 6.60. The van der Waals surface area contributed by atoms with E-state index in [2.05, 4.69) is 57.7 Å². The van der Waals surface area contributed by atoms with Gasteiger partial charge >= 0.3 is 0 Å². The maximum atomic E-state index is 4.94. The molecule has 0 atom stereocenters. The van der Waals surface area contributed by atoms with E-state index in [-0.39, 0.29) is 5.41 Å². The number of hydrogen-bond donors (Lipinski definition) is 0. The van der Waals surface area contributed by atoms with Crippen LogP contribution >= 0.6 is 11.3 Å². The molecule has 1 saturated carbocycles. The highest BCUT2D eigenvalue weighted by molar-refractivity contribution is 7.18. The maximum Gasteiger partial charge on any atom is 0.0992 e. The maximum absolute atomic E-state index is 4.94. The van der Waals surface area contributed by atoms with Gasteiger partial charge in [0.1, 0.15) is 0 Å². The van der Waals surface area contributed by atoms with Crippen molar-refractivity contribution in [3.63, 3.8) is 0 Å². The molecule has 0 amide bonds. The van der Waals surface area contributed by atoms with Crippen LogP contribution in [0.2, 0.25) is 0 Å². The Morgan fingerprint density at radius 3 is 2.35 bits per heavy atom. The Balaban J connectivity index is 1.46. The fraction of sp³-hybridized carbons (Fsp3) is 0.696. The molecule has 2 nitrogen and oxygen atoms in total. The summed E-state index contributed by atoms with van der Waals surface area (Å²) in [5.74, 6) is 0.841. The van der Waals surface area contributed by atoms with Gasteiger partial charge in [0.05, 0.1) is 15.2 Å². The molecule has 0 unspecified atom stereocenters. The van der Waals surface area contributed by atoms with Crippen LogP contribution < -0.4 is 0 Å². The molecular formula is C23H34N2S. The van der Waals surface area contributed by atoms with Gasteiger partial charge in [-0.25, -0.2) is 4.98 Å². The van der Waals surface area contributed by atoms with Gasteiger partial charge in [-0.15, -0.1) is 11.3 Å². The van der Waals surface area contributed by atoms with Gasteiger partial charge in [-0.1, -0.05) is 40.7 Å². The lowest BCUT2D eigenvalue weighted by molar-refractivity contribution is 0.0960. The lowest BCUT2D eigenvalue weighted by Crippen LogP contribution is -2.40. The van der Waals surface area contributed by atoms with Crippen molar-refractivity contribution in [3.05, 3.63) is 28.8 Å². The van der Waals surface area contributed by atoms with Crippen LogP contribution in [-0.4, -0.2) is 29.0 Å². The normalized spacial score (nSPS) is 20.8. The predicted molar refractivity (Wildman–Crippen MR) is 113 cm³/mol. The first-order valence-electron chi connectivity index (χ1n) is 10.4. The fourth-order valence-corrected chi connectivity index (χ4v) is 5.56. The minimum Gasteiger partial charge on any atom is -0.300 e. The summed E-state index contributed by atoms with van der Waals surface area (Å²) in [6, 6.07) is 7.92. The van der Waals surface area contributed by atoms with Crippen LogP contribution in [0, 0.1) is 11.3 Å². The molecule has 0 N–H and O–H groups in total. The number of thiazole rings is 1. The molecule has 1 aromatic heterocycles. The molecule has 2 aliphatic rings. The first-order valence-corrected chi connectivity index (χ1v) is 11.2. The molecule has 0 bridgehead atoms. The Kier molecular flexibility index (Phi) is 4.68. The lowest BCUT2D eigenvalue weighted by Gasteiger charge is -2.41. The average molecular weight is 371 g/mol. The van der Waals surface area contributed by atoms with Crippen molar-refractivity contribution >= 4 is 21.6 Å². The molecular weight excluding hydrogens is 336 g/mol. The topological polar surface area (TPSA) is 16.1 Å². The third-order valence-electron chi connectivity index (χ3n) is 6.45. The SMILES string of the molecule is CC(C)(C)c1nc2cc(CC(C)(C)C3CCN(C4CC4)CC3)ccc2s1. The van der Waals surface area contributed by atoms with Crippen LogP contribution in [-0.2, 0) is 11.8 Å². The summed E-state index contributed by atoms with van der Waals surface area (Å²) in [5, 5.41) is 1.25. The zero-order valence-electron chi connectivity index (χ0n) is 17.1. The van der Waals surface area contributed by atoms with E-state index in [1.54, 1.807) is 0 Å². The van der Waals surface area contributed by atoms with Crippen molar-refractivity contribution in [2.24, 2.45) is 11.3 Å². The van der Waals surface area contributed by atoms with Gasteiger partial charge in [0, 0.05) is 11.5 Å². The van der Waals surface area contributed by atoms with Crippen LogP contribution in [0.25, 0.3) is 10.2 Å². The summed E-state index contributed by atoms with van der Waals surface area (Å²) in [5.41, 5.74) is 3.15. The summed E-state index contributed by atoms with van der Waals surface area (Å²) in [7, 11) is 0. The van der Waals surface area contributed by atoms with E-state index in [1.807, 2.05) is 11.3 Å². The third kappa shape index (κ3) is 3.84. The second-order valence-corrected chi connectivity index (χ2v) is 11.3. The van der Waals surface area contributed by atoms with Gasteiger partial charge in [0.2, 0.25) is 0 Å². The molecule has 3 heteroatoms. The van der Waals surface area contributed by atoms with Crippen molar-refractivity contribution < 1.29 is 0 Å². The Bertz CT molecular complexity index is 771. The smallest absolute Gasteiger partial charge is 0.0992 e. The van der Waals surface area contributed by atoms with E-state index in [0.717, 1.165) is 12.0 Å². The minimum atomic E-state index is 0.138. The van der Waals surface area contributed by atoms with Crippen LogP contribution in [0.15, 0.2) is 18.2 Å². The van der Waals surface area contributed by atoms with Crippen molar-refractivity contribution in [1.82, 2.24) is 9.88 Å².